The second-order valence-electron chi connectivity index (χ2n) is 6.79. The van der Waals surface area contributed by atoms with Crippen LogP contribution in [0.5, 0.6) is 0 Å². The highest BCUT2D eigenvalue weighted by Gasteiger charge is 2.46. The minimum absolute atomic E-state index is 0.322. The number of benzene rings is 1. The number of amides is 1. The maximum absolute atomic E-state index is 13.1. The summed E-state index contributed by atoms with van der Waals surface area (Å²) < 4.78 is 13.1. The predicted octanol–water partition coefficient (Wildman–Crippen LogP) is 3.37. The third kappa shape index (κ3) is 2.37. The standard InChI is InChI=1S/C17H19FN2O/c18-15-3-1-2-12(9-15)17(21)20-19-16-13-5-10-4-11(7-13)8-14(16)6-10/h1-3,9-11,13-14H,4-8H2,(H,20,21). The van der Waals surface area contributed by atoms with Crippen LogP contribution in [0.25, 0.3) is 0 Å². The van der Waals surface area contributed by atoms with Gasteiger partial charge in [-0.2, -0.15) is 5.10 Å². The summed E-state index contributed by atoms with van der Waals surface area (Å²) >= 11 is 0. The van der Waals surface area contributed by atoms with Gasteiger partial charge >= 0.3 is 0 Å². The molecule has 0 radical (unpaired) electrons. The molecule has 0 heterocycles. The Morgan fingerprint density at radius 2 is 1.76 bits per heavy atom. The van der Waals surface area contributed by atoms with Crippen molar-refractivity contribution in [2.45, 2.75) is 32.1 Å². The van der Waals surface area contributed by atoms with Crippen LogP contribution in [0.15, 0.2) is 29.4 Å². The van der Waals surface area contributed by atoms with Crippen molar-refractivity contribution in [3.8, 4) is 0 Å². The largest absolute Gasteiger partial charge is 0.271 e. The Labute approximate surface area is 123 Å². The van der Waals surface area contributed by atoms with Crippen LogP contribution in [-0.4, -0.2) is 11.6 Å². The highest BCUT2D eigenvalue weighted by Crippen LogP contribution is 2.52. The third-order valence-electron chi connectivity index (χ3n) is 5.35. The van der Waals surface area contributed by atoms with Crippen molar-refractivity contribution in [2.24, 2.45) is 28.8 Å². The van der Waals surface area contributed by atoms with Crippen LogP contribution in [0.1, 0.15) is 42.5 Å². The van der Waals surface area contributed by atoms with Crippen molar-refractivity contribution in [2.75, 3.05) is 0 Å². The van der Waals surface area contributed by atoms with Crippen LogP contribution < -0.4 is 5.43 Å². The highest BCUT2D eigenvalue weighted by atomic mass is 19.1. The number of nitrogens with one attached hydrogen (secondary N) is 1. The Bertz CT molecular complexity index is 581. The van der Waals surface area contributed by atoms with Gasteiger partial charge in [0.15, 0.2) is 0 Å². The van der Waals surface area contributed by atoms with E-state index in [4.69, 9.17) is 0 Å². The highest BCUT2D eigenvalue weighted by molar-refractivity contribution is 5.96. The maximum Gasteiger partial charge on any atom is 0.271 e. The van der Waals surface area contributed by atoms with Gasteiger partial charge in [0.25, 0.3) is 5.91 Å². The van der Waals surface area contributed by atoms with Crippen molar-refractivity contribution >= 4 is 11.6 Å². The third-order valence-corrected chi connectivity index (χ3v) is 5.35. The van der Waals surface area contributed by atoms with Crippen molar-refractivity contribution in [3.63, 3.8) is 0 Å². The summed E-state index contributed by atoms with van der Waals surface area (Å²) in [5, 5.41) is 4.42. The lowest BCUT2D eigenvalue weighted by Gasteiger charge is -2.50. The zero-order chi connectivity index (χ0) is 14.4. The molecule has 1 aromatic carbocycles. The first-order valence-corrected chi connectivity index (χ1v) is 7.82. The van der Waals surface area contributed by atoms with E-state index in [2.05, 4.69) is 10.5 Å². The Hall–Kier alpha value is -1.71. The van der Waals surface area contributed by atoms with Crippen LogP contribution in [0.4, 0.5) is 4.39 Å². The Balaban J connectivity index is 1.49. The molecule has 0 saturated heterocycles. The molecule has 4 fully saturated rings. The molecule has 4 aliphatic carbocycles. The number of carbonyl (C=O) groups excluding carboxylic acids is 1. The fraction of sp³-hybridized carbons (Fsp3) is 0.529. The van der Waals surface area contributed by atoms with E-state index in [1.165, 1.54) is 49.9 Å². The molecular formula is C17H19FN2O. The molecule has 1 amide bonds. The second kappa shape index (κ2) is 4.93. The first kappa shape index (κ1) is 13.0. The van der Waals surface area contributed by atoms with E-state index in [1.54, 1.807) is 12.1 Å². The molecule has 4 aliphatic rings. The molecule has 4 saturated carbocycles. The minimum Gasteiger partial charge on any atom is -0.267 e. The van der Waals surface area contributed by atoms with Gasteiger partial charge in [-0.1, -0.05) is 6.07 Å². The molecule has 0 spiro atoms. The van der Waals surface area contributed by atoms with Crippen LogP contribution in [0.3, 0.4) is 0 Å². The minimum atomic E-state index is -0.398. The number of nitrogens with zero attached hydrogens (tertiary/aromatic N) is 1. The summed E-state index contributed by atoms with van der Waals surface area (Å²) in [6, 6.07) is 5.72. The number of rotatable bonds is 2. The Kier molecular flexibility index (Phi) is 3.05. The van der Waals surface area contributed by atoms with Gasteiger partial charge in [-0.25, -0.2) is 9.82 Å². The quantitative estimate of drug-likeness (QED) is 0.832. The summed E-state index contributed by atoms with van der Waals surface area (Å²) in [5.74, 6) is 2.17. The first-order valence-electron chi connectivity index (χ1n) is 7.82. The van der Waals surface area contributed by atoms with Gasteiger partial charge < -0.3 is 0 Å². The van der Waals surface area contributed by atoms with E-state index in [9.17, 15) is 9.18 Å². The summed E-state index contributed by atoms with van der Waals surface area (Å²) in [7, 11) is 0. The molecule has 21 heavy (non-hydrogen) atoms. The van der Waals surface area contributed by atoms with E-state index in [0.717, 1.165) is 11.8 Å². The van der Waals surface area contributed by atoms with Crippen molar-refractivity contribution in [3.05, 3.63) is 35.6 Å². The molecule has 3 nitrogen and oxygen atoms in total. The lowest BCUT2D eigenvalue weighted by Crippen LogP contribution is -2.46. The number of hydrazone groups is 1. The number of hydrogen-bond acceptors (Lipinski definition) is 2. The maximum atomic E-state index is 13.1. The molecule has 1 aromatic rings. The summed E-state index contributed by atoms with van der Waals surface area (Å²) in [6.07, 6.45) is 6.35. The Morgan fingerprint density at radius 3 is 2.38 bits per heavy atom. The molecule has 110 valence electrons. The second-order valence-corrected chi connectivity index (χ2v) is 6.79. The van der Waals surface area contributed by atoms with Crippen LogP contribution in [-0.2, 0) is 0 Å². The Morgan fingerprint density at radius 1 is 1.10 bits per heavy atom. The fourth-order valence-corrected chi connectivity index (χ4v) is 4.66. The van der Waals surface area contributed by atoms with E-state index in [-0.39, 0.29) is 5.91 Å². The molecule has 5 rings (SSSR count). The van der Waals surface area contributed by atoms with Crippen LogP contribution in [0.2, 0.25) is 0 Å². The molecule has 0 aromatic heterocycles. The molecule has 0 aliphatic heterocycles. The van der Waals surface area contributed by atoms with Gasteiger partial charge in [-0.3, -0.25) is 4.79 Å². The smallest absolute Gasteiger partial charge is 0.267 e. The van der Waals surface area contributed by atoms with Gasteiger partial charge in [0.1, 0.15) is 5.82 Å². The lowest BCUT2D eigenvalue weighted by atomic mass is 9.55. The number of halogens is 1. The van der Waals surface area contributed by atoms with E-state index < -0.39 is 5.82 Å². The topological polar surface area (TPSA) is 41.5 Å². The van der Waals surface area contributed by atoms with Crippen LogP contribution in [0, 0.1) is 29.5 Å². The van der Waals surface area contributed by atoms with Gasteiger partial charge in [-0.15, -0.1) is 0 Å². The monoisotopic (exact) mass is 286 g/mol. The summed E-state index contributed by atoms with van der Waals surface area (Å²) in [6.45, 7) is 0. The SMILES string of the molecule is O=C(NN=C1C2CC3CC(C2)CC1C3)c1cccc(F)c1. The van der Waals surface area contributed by atoms with Crippen molar-refractivity contribution in [1.82, 2.24) is 5.43 Å². The molecule has 1 N–H and O–H groups in total. The first-order chi connectivity index (χ1) is 10.2. The summed E-state index contributed by atoms with van der Waals surface area (Å²) in [4.78, 5) is 12.0. The van der Waals surface area contributed by atoms with Gasteiger partial charge in [0.05, 0.1) is 0 Å². The normalized spacial score (nSPS) is 33.1. The summed E-state index contributed by atoms with van der Waals surface area (Å²) in [5.41, 5.74) is 4.15. The van der Waals surface area contributed by atoms with Gasteiger partial charge in [0.2, 0.25) is 0 Å². The molecule has 4 heteroatoms. The number of hydrogen-bond donors (Lipinski definition) is 1. The van der Waals surface area contributed by atoms with Gasteiger partial charge in [-0.05, 0) is 74.0 Å². The fourth-order valence-electron chi connectivity index (χ4n) is 4.66. The zero-order valence-corrected chi connectivity index (χ0v) is 11.9. The number of carbonyl (C=O) groups is 1. The molecule has 0 unspecified atom stereocenters. The van der Waals surface area contributed by atoms with Crippen molar-refractivity contribution < 1.29 is 9.18 Å². The zero-order valence-electron chi connectivity index (χ0n) is 11.9. The van der Waals surface area contributed by atoms with Gasteiger partial charge in [0, 0.05) is 11.3 Å². The molecule has 4 bridgehead atoms. The van der Waals surface area contributed by atoms with E-state index in [0.29, 0.717) is 17.4 Å². The van der Waals surface area contributed by atoms with Crippen molar-refractivity contribution in [1.29, 1.82) is 0 Å². The van der Waals surface area contributed by atoms with E-state index >= 15 is 0 Å². The average molecular weight is 286 g/mol. The van der Waals surface area contributed by atoms with E-state index in [1.807, 2.05) is 0 Å². The average Bonchev–Trinajstić information content (AvgIpc) is 2.45. The van der Waals surface area contributed by atoms with Crippen LogP contribution >= 0.6 is 0 Å². The predicted molar refractivity (Wildman–Crippen MR) is 78.3 cm³/mol. The lowest BCUT2D eigenvalue weighted by molar-refractivity contribution is 0.0942. The molecular weight excluding hydrogens is 267 g/mol. The molecule has 0 atom stereocenters.